The molecule has 0 aromatic heterocycles. The summed E-state index contributed by atoms with van der Waals surface area (Å²) >= 11 is 12.1. The van der Waals surface area contributed by atoms with Gasteiger partial charge >= 0.3 is 5.97 Å². The molecule has 1 aliphatic rings. The second kappa shape index (κ2) is 9.73. The summed E-state index contributed by atoms with van der Waals surface area (Å²) in [7, 11) is -4.09. The molecule has 1 aliphatic heterocycles. The topological polar surface area (TPSA) is 77.9 Å². The van der Waals surface area contributed by atoms with Gasteiger partial charge in [-0.3, -0.25) is 14.0 Å². The Hall–Kier alpha value is -2.72. The number of halogens is 4. The first-order valence-corrected chi connectivity index (χ1v) is 13.0. The largest absolute Gasteiger partial charge is 0.480 e. The fourth-order valence-corrected chi connectivity index (χ4v) is 5.86. The summed E-state index contributed by atoms with van der Waals surface area (Å²) in [5, 5.41) is 11.1. The highest BCUT2D eigenvalue weighted by molar-refractivity contribution is 7.92. The number of nitrogens with zero attached hydrogens (tertiary/aromatic N) is 2. The molecule has 1 heterocycles. The van der Waals surface area contributed by atoms with Crippen molar-refractivity contribution in [3.8, 4) is 0 Å². The van der Waals surface area contributed by atoms with E-state index >= 15 is 0 Å². The number of likely N-dealkylation sites (tertiary alicyclic amines) is 1. The Bertz CT molecular complexity index is 1290. The lowest BCUT2D eigenvalue weighted by molar-refractivity contribution is -0.151. The number of aliphatic carboxylic acids is 1. The molecule has 0 bridgehead atoms. The summed E-state index contributed by atoms with van der Waals surface area (Å²) < 4.78 is 54.0. The van der Waals surface area contributed by atoms with Crippen molar-refractivity contribution in [2.24, 2.45) is 0 Å². The zero-order valence-corrected chi connectivity index (χ0v) is 20.6. The van der Waals surface area contributed by atoms with Crippen molar-refractivity contribution >= 4 is 44.9 Å². The van der Waals surface area contributed by atoms with Gasteiger partial charge in [-0.05, 0) is 47.5 Å². The number of hydrogen-bond donors (Lipinski definition) is 1. The average molecular weight is 541 g/mol. The van der Waals surface area contributed by atoms with Crippen molar-refractivity contribution < 1.29 is 27.1 Å². The Balaban J connectivity index is 1.78. The van der Waals surface area contributed by atoms with Crippen molar-refractivity contribution in [3.05, 3.63) is 99.5 Å². The number of anilines is 1. The number of sulfonamides is 1. The average Bonchev–Trinajstić information content (AvgIpc) is 2.72. The molecule has 2 atom stereocenters. The van der Waals surface area contributed by atoms with Crippen molar-refractivity contribution in [3.63, 3.8) is 0 Å². The number of carboxylic acid groups (broad SMARTS) is 1. The van der Waals surface area contributed by atoms with Crippen LogP contribution in [0.1, 0.15) is 17.2 Å². The Kier molecular flexibility index (Phi) is 7.06. The molecule has 0 saturated carbocycles. The third kappa shape index (κ3) is 5.28. The van der Waals surface area contributed by atoms with Gasteiger partial charge in [0.15, 0.2) is 0 Å². The molecular weight excluding hydrogens is 521 g/mol. The predicted molar refractivity (Wildman–Crippen MR) is 130 cm³/mol. The molecule has 0 aliphatic carbocycles. The van der Waals surface area contributed by atoms with Gasteiger partial charge < -0.3 is 5.11 Å². The van der Waals surface area contributed by atoms with E-state index in [1.54, 1.807) is 53.4 Å². The zero-order chi connectivity index (χ0) is 25.5. The van der Waals surface area contributed by atoms with Crippen LogP contribution in [0.4, 0.5) is 14.5 Å². The normalized spacial score (nSPS) is 18.3. The monoisotopic (exact) mass is 540 g/mol. The van der Waals surface area contributed by atoms with Gasteiger partial charge in [0, 0.05) is 22.7 Å². The lowest BCUT2D eigenvalue weighted by Gasteiger charge is -2.53. The maximum Gasteiger partial charge on any atom is 0.323 e. The second-order valence-electron chi connectivity index (χ2n) is 8.24. The van der Waals surface area contributed by atoms with Crippen LogP contribution in [0.5, 0.6) is 0 Å². The maximum absolute atomic E-state index is 13.9. The van der Waals surface area contributed by atoms with Gasteiger partial charge in [-0.25, -0.2) is 17.2 Å². The van der Waals surface area contributed by atoms with Crippen LogP contribution in [-0.2, 0) is 14.8 Å². The van der Waals surface area contributed by atoms with Crippen molar-refractivity contribution in [1.29, 1.82) is 0 Å². The zero-order valence-electron chi connectivity index (χ0n) is 18.3. The van der Waals surface area contributed by atoms with Crippen LogP contribution in [-0.4, -0.2) is 49.3 Å². The quantitative estimate of drug-likeness (QED) is 0.458. The number of rotatable bonds is 7. The molecule has 2 unspecified atom stereocenters. The molecule has 3 aromatic carbocycles. The minimum Gasteiger partial charge on any atom is -0.480 e. The van der Waals surface area contributed by atoms with E-state index in [1.807, 2.05) is 0 Å². The molecular formula is C24H20Cl2F2N2O4S. The number of benzene rings is 3. The smallest absolute Gasteiger partial charge is 0.323 e. The molecule has 1 N–H and O–H groups in total. The van der Waals surface area contributed by atoms with Gasteiger partial charge in [-0.15, -0.1) is 0 Å². The van der Waals surface area contributed by atoms with Crippen LogP contribution in [0.3, 0.4) is 0 Å². The van der Waals surface area contributed by atoms with Crippen molar-refractivity contribution in [2.45, 2.75) is 18.1 Å². The predicted octanol–water partition coefficient (Wildman–Crippen LogP) is 4.96. The van der Waals surface area contributed by atoms with E-state index in [0.29, 0.717) is 16.1 Å². The van der Waals surface area contributed by atoms with Crippen molar-refractivity contribution in [1.82, 2.24) is 4.90 Å². The standard InChI is InChI=1S/C24H20Cl2F2N2O4S/c1-35(33,34)30(20-11-18(27)10-19(28)12-20)21-13-29(23(21)24(31)32)22(14-2-6-16(25)7-3-14)15-4-8-17(26)9-5-15/h2-12,21-23H,13H2,1H3,(H,31,32). The summed E-state index contributed by atoms with van der Waals surface area (Å²) in [5.74, 6) is -3.23. The van der Waals surface area contributed by atoms with Crippen LogP contribution < -0.4 is 4.31 Å². The summed E-state index contributed by atoms with van der Waals surface area (Å²) in [6, 6.07) is 13.0. The SMILES string of the molecule is CS(=O)(=O)N(c1cc(F)cc(F)c1)C1CN(C(c2ccc(Cl)cc2)c2ccc(Cl)cc2)C1C(=O)O. The van der Waals surface area contributed by atoms with Gasteiger partial charge in [0.1, 0.15) is 17.7 Å². The first-order chi connectivity index (χ1) is 16.5. The van der Waals surface area contributed by atoms with E-state index in [9.17, 15) is 27.1 Å². The van der Waals surface area contributed by atoms with Crippen LogP contribution in [0.25, 0.3) is 0 Å². The first-order valence-electron chi connectivity index (χ1n) is 10.4. The maximum atomic E-state index is 13.9. The third-order valence-corrected chi connectivity index (χ3v) is 7.54. The lowest BCUT2D eigenvalue weighted by atomic mass is 9.87. The number of carbonyl (C=O) groups is 1. The van der Waals surface area contributed by atoms with Gasteiger partial charge in [-0.1, -0.05) is 47.5 Å². The minimum atomic E-state index is -4.09. The summed E-state index contributed by atoms with van der Waals surface area (Å²) in [5.41, 5.74) is 1.17. The van der Waals surface area contributed by atoms with Crippen LogP contribution in [0.15, 0.2) is 66.7 Å². The van der Waals surface area contributed by atoms with Crippen molar-refractivity contribution in [2.75, 3.05) is 17.1 Å². The molecule has 4 rings (SSSR count). The van der Waals surface area contributed by atoms with E-state index in [-0.39, 0.29) is 12.2 Å². The van der Waals surface area contributed by atoms with Crippen LogP contribution in [0, 0.1) is 11.6 Å². The Morgan fingerprint density at radius 1 is 0.971 bits per heavy atom. The Labute approximate surface area is 211 Å². The first kappa shape index (κ1) is 25.4. The fraction of sp³-hybridized carbons (Fsp3) is 0.208. The molecule has 1 fully saturated rings. The van der Waals surface area contributed by atoms with Gasteiger partial charge in [0.2, 0.25) is 10.0 Å². The summed E-state index contributed by atoms with van der Waals surface area (Å²) in [6.07, 6.45) is 0.868. The molecule has 6 nitrogen and oxygen atoms in total. The Morgan fingerprint density at radius 2 is 1.43 bits per heavy atom. The number of carboxylic acids is 1. The third-order valence-electron chi connectivity index (χ3n) is 5.84. The number of hydrogen-bond acceptors (Lipinski definition) is 4. The highest BCUT2D eigenvalue weighted by Gasteiger charge is 2.53. The van der Waals surface area contributed by atoms with Gasteiger partial charge in [0.05, 0.1) is 24.0 Å². The lowest BCUT2D eigenvalue weighted by Crippen LogP contribution is -2.71. The molecule has 0 amide bonds. The van der Waals surface area contributed by atoms with E-state index in [2.05, 4.69) is 0 Å². The molecule has 11 heteroatoms. The molecule has 0 spiro atoms. The van der Waals surface area contributed by atoms with E-state index in [1.165, 1.54) is 0 Å². The highest BCUT2D eigenvalue weighted by atomic mass is 35.5. The fourth-order valence-electron chi connectivity index (χ4n) is 4.45. The molecule has 35 heavy (non-hydrogen) atoms. The summed E-state index contributed by atoms with van der Waals surface area (Å²) in [4.78, 5) is 14.0. The van der Waals surface area contributed by atoms with E-state index in [0.717, 1.165) is 33.8 Å². The van der Waals surface area contributed by atoms with Gasteiger partial charge in [0.25, 0.3) is 0 Å². The Morgan fingerprint density at radius 3 is 1.83 bits per heavy atom. The van der Waals surface area contributed by atoms with E-state index in [4.69, 9.17) is 23.2 Å². The molecule has 0 radical (unpaired) electrons. The molecule has 1 saturated heterocycles. The highest BCUT2D eigenvalue weighted by Crippen LogP contribution is 2.40. The molecule has 184 valence electrons. The van der Waals surface area contributed by atoms with E-state index < -0.39 is 45.8 Å². The van der Waals surface area contributed by atoms with Crippen LogP contribution in [0.2, 0.25) is 10.0 Å². The van der Waals surface area contributed by atoms with Crippen LogP contribution >= 0.6 is 23.2 Å². The molecule has 3 aromatic rings. The minimum absolute atomic E-state index is 0.0158. The summed E-state index contributed by atoms with van der Waals surface area (Å²) in [6.45, 7) is -0.0158. The van der Waals surface area contributed by atoms with Gasteiger partial charge in [-0.2, -0.15) is 0 Å². The second-order valence-corrected chi connectivity index (χ2v) is 11.0.